The van der Waals surface area contributed by atoms with E-state index in [1.54, 1.807) is 18.2 Å². The van der Waals surface area contributed by atoms with Crippen molar-refractivity contribution in [2.24, 2.45) is 0 Å². The molecule has 9 nitrogen and oxygen atoms in total. The van der Waals surface area contributed by atoms with Gasteiger partial charge in [-0.3, -0.25) is 19.3 Å². The molecule has 166 valence electrons. The fourth-order valence-electron chi connectivity index (χ4n) is 4.55. The number of carbonyl (C=O) groups excluding carboxylic acids is 2. The third-order valence-electron chi connectivity index (χ3n) is 6.06. The maximum Gasteiger partial charge on any atom is 0.303 e. The van der Waals surface area contributed by atoms with Crippen LogP contribution in [0.4, 0.5) is 0 Å². The van der Waals surface area contributed by atoms with Crippen LogP contribution in [-0.2, 0) is 16.1 Å². The minimum atomic E-state index is -1.09. The standard InChI is InChI=1S/C24H17NO8/c26-19(5-6-20(27)28)25-9-15-14(24(25)29)7-12-2-4-17-23(33-11-31-17)22(12)21(15)13-1-3-16-18(8-13)32-10-30-16/h1-4,7-8H,5-6,9-11H2,(H,27,28). The number of benzene rings is 3. The first-order chi connectivity index (χ1) is 16.0. The molecule has 2 amide bonds. The van der Waals surface area contributed by atoms with Crippen molar-refractivity contribution in [2.75, 3.05) is 13.6 Å². The van der Waals surface area contributed by atoms with Gasteiger partial charge in [0.05, 0.1) is 13.0 Å². The summed E-state index contributed by atoms with van der Waals surface area (Å²) < 4.78 is 22.3. The number of ether oxygens (including phenoxy) is 4. The van der Waals surface area contributed by atoms with Crippen LogP contribution in [0.5, 0.6) is 23.0 Å². The maximum atomic E-state index is 13.2. The van der Waals surface area contributed by atoms with Crippen molar-refractivity contribution in [3.63, 3.8) is 0 Å². The monoisotopic (exact) mass is 447 g/mol. The molecule has 3 aromatic rings. The number of hydrogen-bond acceptors (Lipinski definition) is 7. The Labute approximate surface area is 187 Å². The molecule has 0 fully saturated rings. The molecule has 0 unspecified atom stereocenters. The number of aliphatic carboxylic acids is 1. The minimum absolute atomic E-state index is 0.0386. The van der Waals surface area contributed by atoms with Gasteiger partial charge < -0.3 is 24.1 Å². The Morgan fingerprint density at radius 3 is 2.52 bits per heavy atom. The normalized spacial score (nSPS) is 15.3. The zero-order valence-corrected chi connectivity index (χ0v) is 17.3. The molecule has 3 aliphatic heterocycles. The Kier molecular flexibility index (Phi) is 4.19. The van der Waals surface area contributed by atoms with E-state index in [9.17, 15) is 14.4 Å². The number of imide groups is 1. The quantitative estimate of drug-likeness (QED) is 0.649. The topological polar surface area (TPSA) is 112 Å². The highest BCUT2D eigenvalue weighted by molar-refractivity contribution is 6.15. The van der Waals surface area contributed by atoms with Gasteiger partial charge in [0.25, 0.3) is 5.91 Å². The molecule has 3 heterocycles. The summed E-state index contributed by atoms with van der Waals surface area (Å²) in [5.74, 6) is 0.330. The first kappa shape index (κ1) is 19.4. The van der Waals surface area contributed by atoms with Crippen LogP contribution in [-0.4, -0.2) is 41.4 Å². The van der Waals surface area contributed by atoms with E-state index in [1.165, 1.54) is 0 Å². The van der Waals surface area contributed by atoms with Gasteiger partial charge in [0.1, 0.15) is 0 Å². The van der Waals surface area contributed by atoms with E-state index in [4.69, 9.17) is 24.1 Å². The fourth-order valence-corrected chi connectivity index (χ4v) is 4.55. The van der Waals surface area contributed by atoms with E-state index >= 15 is 0 Å². The molecule has 0 saturated carbocycles. The van der Waals surface area contributed by atoms with E-state index in [0.717, 1.165) is 26.8 Å². The van der Waals surface area contributed by atoms with E-state index < -0.39 is 17.8 Å². The van der Waals surface area contributed by atoms with Gasteiger partial charge in [-0.1, -0.05) is 12.1 Å². The highest BCUT2D eigenvalue weighted by atomic mass is 16.7. The lowest BCUT2D eigenvalue weighted by Crippen LogP contribution is -2.31. The van der Waals surface area contributed by atoms with Crippen LogP contribution in [0.3, 0.4) is 0 Å². The Morgan fingerprint density at radius 2 is 1.67 bits per heavy atom. The summed E-state index contributed by atoms with van der Waals surface area (Å²) >= 11 is 0. The molecule has 0 saturated heterocycles. The fraction of sp³-hybridized carbons (Fsp3) is 0.208. The smallest absolute Gasteiger partial charge is 0.303 e. The van der Waals surface area contributed by atoms with E-state index in [1.807, 2.05) is 18.2 Å². The van der Waals surface area contributed by atoms with Gasteiger partial charge in [0, 0.05) is 17.4 Å². The van der Waals surface area contributed by atoms with Crippen molar-refractivity contribution in [3.05, 3.63) is 47.5 Å². The van der Waals surface area contributed by atoms with Crippen LogP contribution < -0.4 is 18.9 Å². The van der Waals surface area contributed by atoms with Crippen LogP contribution in [0, 0.1) is 0 Å². The summed E-state index contributed by atoms with van der Waals surface area (Å²) in [5.41, 5.74) is 2.58. The molecule has 0 radical (unpaired) electrons. The maximum absolute atomic E-state index is 13.2. The molecular weight excluding hydrogens is 430 g/mol. The average Bonchev–Trinajstić information content (AvgIpc) is 3.54. The second kappa shape index (κ2) is 7.13. The molecule has 3 aromatic carbocycles. The third-order valence-corrected chi connectivity index (χ3v) is 6.06. The molecule has 0 aliphatic carbocycles. The largest absolute Gasteiger partial charge is 0.481 e. The number of carboxylic acids is 1. The van der Waals surface area contributed by atoms with E-state index in [-0.39, 0.29) is 33.0 Å². The SMILES string of the molecule is O=C(O)CCC(=O)N1Cc2c(cc3ccc4c(c3c2-c2ccc3c(c2)OCO3)OCO4)C1=O. The number of hydrogen-bond donors (Lipinski definition) is 1. The predicted octanol–water partition coefficient (Wildman–Crippen LogP) is 3.31. The lowest BCUT2D eigenvalue weighted by atomic mass is 9.90. The lowest BCUT2D eigenvalue weighted by molar-refractivity contribution is -0.140. The van der Waals surface area contributed by atoms with Crippen LogP contribution >= 0.6 is 0 Å². The van der Waals surface area contributed by atoms with E-state index in [0.29, 0.717) is 34.1 Å². The molecule has 9 heteroatoms. The van der Waals surface area contributed by atoms with Crippen molar-refractivity contribution < 1.29 is 38.4 Å². The Bertz CT molecular complexity index is 1380. The summed E-state index contributed by atoms with van der Waals surface area (Å²) in [6.45, 7) is 0.255. The van der Waals surface area contributed by atoms with Crippen LogP contribution in [0.1, 0.15) is 28.8 Å². The molecule has 0 atom stereocenters. The molecule has 1 N–H and O–H groups in total. The first-order valence-electron chi connectivity index (χ1n) is 10.4. The minimum Gasteiger partial charge on any atom is -0.481 e. The number of fused-ring (bicyclic) bond motifs is 5. The lowest BCUT2D eigenvalue weighted by Gasteiger charge is -2.15. The van der Waals surface area contributed by atoms with Crippen molar-refractivity contribution in [1.82, 2.24) is 4.90 Å². The second-order valence-electron chi connectivity index (χ2n) is 7.92. The summed E-state index contributed by atoms with van der Waals surface area (Å²) in [6, 6.07) is 10.9. The van der Waals surface area contributed by atoms with Crippen molar-refractivity contribution in [3.8, 4) is 34.1 Å². The Hall–Kier alpha value is -4.27. The number of nitrogens with zero attached hydrogens (tertiary/aromatic N) is 1. The second-order valence-corrected chi connectivity index (χ2v) is 7.92. The summed E-state index contributed by atoms with van der Waals surface area (Å²) in [4.78, 5) is 37.9. The molecule has 0 bridgehead atoms. The number of rotatable bonds is 4. The summed E-state index contributed by atoms with van der Waals surface area (Å²) in [7, 11) is 0. The molecule has 6 rings (SSSR count). The number of amides is 2. The summed E-state index contributed by atoms with van der Waals surface area (Å²) in [5, 5.41) is 10.5. The molecule has 33 heavy (non-hydrogen) atoms. The zero-order chi connectivity index (χ0) is 22.7. The number of carbonyl (C=O) groups is 3. The Balaban J connectivity index is 1.55. The van der Waals surface area contributed by atoms with Crippen LogP contribution in [0.25, 0.3) is 21.9 Å². The highest BCUT2D eigenvalue weighted by Gasteiger charge is 2.36. The van der Waals surface area contributed by atoms with Gasteiger partial charge in [-0.2, -0.15) is 0 Å². The van der Waals surface area contributed by atoms with Gasteiger partial charge in [0.15, 0.2) is 23.0 Å². The number of carboxylic acid groups (broad SMARTS) is 1. The van der Waals surface area contributed by atoms with Crippen molar-refractivity contribution in [2.45, 2.75) is 19.4 Å². The molecule has 3 aliphatic rings. The van der Waals surface area contributed by atoms with Crippen LogP contribution in [0.2, 0.25) is 0 Å². The average molecular weight is 447 g/mol. The molecule has 0 spiro atoms. The zero-order valence-electron chi connectivity index (χ0n) is 17.3. The van der Waals surface area contributed by atoms with E-state index in [2.05, 4.69) is 0 Å². The van der Waals surface area contributed by atoms with Gasteiger partial charge in [-0.15, -0.1) is 0 Å². The van der Waals surface area contributed by atoms with Crippen molar-refractivity contribution in [1.29, 1.82) is 0 Å². The first-order valence-corrected chi connectivity index (χ1v) is 10.4. The predicted molar refractivity (Wildman–Crippen MR) is 113 cm³/mol. The molecule has 0 aromatic heterocycles. The Morgan fingerprint density at radius 1 is 0.909 bits per heavy atom. The highest BCUT2D eigenvalue weighted by Crippen LogP contribution is 2.49. The van der Waals surface area contributed by atoms with Gasteiger partial charge in [-0.25, -0.2) is 0 Å². The van der Waals surface area contributed by atoms with Gasteiger partial charge >= 0.3 is 5.97 Å². The van der Waals surface area contributed by atoms with Crippen molar-refractivity contribution >= 4 is 28.6 Å². The summed E-state index contributed by atoms with van der Waals surface area (Å²) in [6.07, 6.45) is -0.588. The molecular formula is C24H17NO8. The van der Waals surface area contributed by atoms with Crippen LogP contribution in [0.15, 0.2) is 36.4 Å². The van der Waals surface area contributed by atoms with Gasteiger partial charge in [-0.05, 0) is 46.3 Å². The van der Waals surface area contributed by atoms with Gasteiger partial charge in [0.2, 0.25) is 19.5 Å². The third kappa shape index (κ3) is 2.96.